The van der Waals surface area contributed by atoms with E-state index in [1.54, 1.807) is 26.0 Å². The van der Waals surface area contributed by atoms with Crippen molar-refractivity contribution in [3.63, 3.8) is 0 Å². The minimum atomic E-state index is -3.42. The maximum Gasteiger partial charge on any atom is 0.356 e. The quantitative estimate of drug-likeness (QED) is 0.517. The van der Waals surface area contributed by atoms with Crippen LogP contribution in [-0.2, 0) is 13.6 Å². The second-order valence-electron chi connectivity index (χ2n) is 2.14. The molecular formula is C8H11N2O3P. The average Bonchev–Trinajstić information content (AvgIpc) is 2.15. The first kappa shape index (κ1) is 12.9. The van der Waals surface area contributed by atoms with Crippen LogP contribution in [0.1, 0.15) is 13.8 Å². The van der Waals surface area contributed by atoms with E-state index in [2.05, 4.69) is 0 Å². The Kier molecular flexibility index (Phi) is 5.83. The van der Waals surface area contributed by atoms with Crippen LogP contribution in [0.4, 0.5) is 0 Å². The molecule has 0 saturated heterocycles. The van der Waals surface area contributed by atoms with Gasteiger partial charge in [0.25, 0.3) is 0 Å². The fourth-order valence-corrected chi connectivity index (χ4v) is 2.09. The van der Waals surface area contributed by atoms with Crippen molar-refractivity contribution in [2.75, 3.05) is 13.2 Å². The molecule has 5 nitrogen and oxygen atoms in total. The highest BCUT2D eigenvalue weighted by Crippen LogP contribution is 2.50. The molecule has 0 aliphatic carbocycles. The third-order valence-electron chi connectivity index (χ3n) is 1.15. The number of nitrogens with zero attached hydrogens (tertiary/aromatic N) is 2. The van der Waals surface area contributed by atoms with Gasteiger partial charge in [0.1, 0.15) is 17.7 Å². The molecule has 0 fully saturated rings. The molecule has 0 saturated carbocycles. The van der Waals surface area contributed by atoms with E-state index in [1.807, 2.05) is 0 Å². The van der Waals surface area contributed by atoms with Gasteiger partial charge in [0.05, 0.1) is 19.0 Å². The second kappa shape index (κ2) is 6.34. The second-order valence-corrected chi connectivity index (χ2v) is 4.00. The SMILES string of the molecule is CCOP(=O)(C=C(C#N)C#N)OCC. The highest BCUT2D eigenvalue weighted by atomic mass is 31.2. The van der Waals surface area contributed by atoms with E-state index in [-0.39, 0.29) is 18.8 Å². The van der Waals surface area contributed by atoms with Crippen LogP contribution < -0.4 is 0 Å². The molecule has 0 aromatic heterocycles. The van der Waals surface area contributed by atoms with Crippen LogP contribution >= 0.6 is 7.60 Å². The van der Waals surface area contributed by atoms with Crippen LogP contribution in [0.25, 0.3) is 0 Å². The Labute approximate surface area is 83.1 Å². The summed E-state index contributed by atoms with van der Waals surface area (Å²) in [5.41, 5.74) is -0.268. The summed E-state index contributed by atoms with van der Waals surface area (Å²) >= 11 is 0. The van der Waals surface area contributed by atoms with Gasteiger partial charge in [0, 0.05) is 0 Å². The molecule has 0 heterocycles. The van der Waals surface area contributed by atoms with E-state index in [1.165, 1.54) is 0 Å². The van der Waals surface area contributed by atoms with Gasteiger partial charge in [0.2, 0.25) is 0 Å². The number of nitriles is 2. The fourth-order valence-electron chi connectivity index (χ4n) is 0.713. The minimum absolute atomic E-state index is 0.192. The summed E-state index contributed by atoms with van der Waals surface area (Å²) in [5, 5.41) is 16.9. The van der Waals surface area contributed by atoms with E-state index in [9.17, 15) is 4.57 Å². The van der Waals surface area contributed by atoms with Crippen molar-refractivity contribution < 1.29 is 13.6 Å². The Morgan fingerprint density at radius 1 is 1.29 bits per heavy atom. The summed E-state index contributed by atoms with van der Waals surface area (Å²) in [6, 6.07) is 3.18. The van der Waals surface area contributed by atoms with Crippen LogP contribution in [0.2, 0.25) is 0 Å². The first-order valence-corrected chi connectivity index (χ1v) is 5.65. The number of hydrogen-bond donors (Lipinski definition) is 0. The third-order valence-corrected chi connectivity index (χ3v) is 2.96. The van der Waals surface area contributed by atoms with Crippen LogP contribution in [0.3, 0.4) is 0 Å². The highest BCUT2D eigenvalue weighted by Gasteiger charge is 2.21. The largest absolute Gasteiger partial charge is 0.356 e. The van der Waals surface area contributed by atoms with Crippen molar-refractivity contribution >= 4 is 7.60 Å². The third kappa shape index (κ3) is 4.20. The van der Waals surface area contributed by atoms with Crippen molar-refractivity contribution in [1.29, 1.82) is 10.5 Å². The predicted octanol–water partition coefficient (Wildman–Crippen LogP) is 2.18. The predicted molar refractivity (Wildman–Crippen MR) is 50.2 cm³/mol. The zero-order valence-corrected chi connectivity index (χ0v) is 8.95. The number of hydrogen-bond acceptors (Lipinski definition) is 5. The zero-order valence-electron chi connectivity index (χ0n) is 8.06. The van der Waals surface area contributed by atoms with Gasteiger partial charge < -0.3 is 9.05 Å². The Morgan fingerprint density at radius 3 is 2.00 bits per heavy atom. The lowest BCUT2D eigenvalue weighted by atomic mass is 10.4. The molecule has 0 aliphatic rings. The van der Waals surface area contributed by atoms with E-state index in [0.29, 0.717) is 0 Å². The first-order chi connectivity index (χ1) is 6.61. The molecule has 76 valence electrons. The summed E-state index contributed by atoms with van der Waals surface area (Å²) in [5.74, 6) is 0.944. The van der Waals surface area contributed by atoms with E-state index < -0.39 is 7.60 Å². The lowest BCUT2D eigenvalue weighted by Gasteiger charge is -2.11. The van der Waals surface area contributed by atoms with Crippen molar-refractivity contribution in [3.05, 3.63) is 11.4 Å². The monoisotopic (exact) mass is 214 g/mol. The molecule has 0 aromatic rings. The smallest absolute Gasteiger partial charge is 0.306 e. The Bertz CT molecular complexity index is 311. The molecule has 0 unspecified atom stereocenters. The van der Waals surface area contributed by atoms with Gasteiger partial charge in [-0.15, -0.1) is 0 Å². The van der Waals surface area contributed by atoms with Crippen molar-refractivity contribution in [2.24, 2.45) is 0 Å². The van der Waals surface area contributed by atoms with Crippen LogP contribution in [0.5, 0.6) is 0 Å². The summed E-state index contributed by atoms with van der Waals surface area (Å²) in [4.78, 5) is 0. The molecule has 0 aliphatic heterocycles. The highest BCUT2D eigenvalue weighted by molar-refractivity contribution is 7.57. The summed E-state index contributed by atoms with van der Waals surface area (Å²) < 4.78 is 21.4. The Hall–Kier alpha value is -1.13. The molecule has 0 spiro atoms. The molecule has 0 atom stereocenters. The minimum Gasteiger partial charge on any atom is -0.306 e. The zero-order chi connectivity index (χ0) is 11.0. The maximum atomic E-state index is 11.7. The molecule has 0 bridgehead atoms. The van der Waals surface area contributed by atoms with Crippen LogP contribution in [-0.4, -0.2) is 13.2 Å². The van der Waals surface area contributed by atoms with Crippen molar-refractivity contribution in [3.8, 4) is 12.1 Å². The molecule has 6 heteroatoms. The van der Waals surface area contributed by atoms with Crippen LogP contribution in [0, 0.1) is 22.7 Å². The normalized spacial score (nSPS) is 10.0. The van der Waals surface area contributed by atoms with Crippen LogP contribution in [0.15, 0.2) is 11.4 Å². The van der Waals surface area contributed by atoms with Crippen molar-refractivity contribution in [1.82, 2.24) is 0 Å². The van der Waals surface area contributed by atoms with E-state index in [0.717, 1.165) is 5.82 Å². The maximum absolute atomic E-state index is 11.7. The number of allylic oxidation sites excluding steroid dienone is 1. The molecule has 14 heavy (non-hydrogen) atoms. The van der Waals surface area contributed by atoms with Gasteiger partial charge in [-0.2, -0.15) is 10.5 Å². The molecule has 0 radical (unpaired) electrons. The lowest BCUT2D eigenvalue weighted by molar-refractivity contribution is 0.229. The topological polar surface area (TPSA) is 83.1 Å². The van der Waals surface area contributed by atoms with Gasteiger partial charge in [-0.1, -0.05) is 0 Å². The Morgan fingerprint density at radius 2 is 1.71 bits per heavy atom. The molecule has 0 amide bonds. The molecule has 0 N–H and O–H groups in total. The average molecular weight is 214 g/mol. The first-order valence-electron chi connectivity index (χ1n) is 4.03. The summed E-state index contributed by atoms with van der Waals surface area (Å²) in [7, 11) is -3.42. The van der Waals surface area contributed by atoms with Crippen molar-refractivity contribution in [2.45, 2.75) is 13.8 Å². The van der Waals surface area contributed by atoms with E-state index >= 15 is 0 Å². The van der Waals surface area contributed by atoms with Gasteiger partial charge in [-0.25, -0.2) is 0 Å². The molecular weight excluding hydrogens is 203 g/mol. The summed E-state index contributed by atoms with van der Waals surface area (Å²) in [6.07, 6.45) is 0. The summed E-state index contributed by atoms with van der Waals surface area (Å²) in [6.45, 7) is 3.69. The molecule has 0 rings (SSSR count). The lowest BCUT2D eigenvalue weighted by Crippen LogP contribution is -1.93. The Balaban J connectivity index is 4.87. The standard InChI is InChI=1S/C8H11N2O3P/c1-3-12-14(11,13-4-2)7-8(5-9)6-10/h7H,3-4H2,1-2H3. The fraction of sp³-hybridized carbons (Fsp3) is 0.500. The van der Waals surface area contributed by atoms with Gasteiger partial charge in [0.15, 0.2) is 0 Å². The van der Waals surface area contributed by atoms with Gasteiger partial charge in [-0.05, 0) is 13.8 Å². The number of rotatable bonds is 5. The molecule has 0 aromatic carbocycles. The van der Waals surface area contributed by atoms with Gasteiger partial charge >= 0.3 is 7.60 Å². The van der Waals surface area contributed by atoms with Gasteiger partial charge in [-0.3, -0.25) is 4.57 Å². The van der Waals surface area contributed by atoms with E-state index in [4.69, 9.17) is 19.6 Å².